The molecule has 0 bridgehead atoms. The van der Waals surface area contributed by atoms with Gasteiger partial charge in [0.2, 0.25) is 0 Å². The number of piperidine rings is 1. The maximum absolute atomic E-state index is 13.6. The Balaban J connectivity index is 1.40. The first-order valence-corrected chi connectivity index (χ1v) is 12.1. The number of aromatic nitrogens is 1. The lowest BCUT2D eigenvalue weighted by molar-refractivity contribution is -0.124. The Labute approximate surface area is 200 Å². The Kier molecular flexibility index (Phi) is 5.71. The number of ether oxygens (including phenoxy) is 1. The second kappa shape index (κ2) is 8.54. The summed E-state index contributed by atoms with van der Waals surface area (Å²) >= 11 is 4.89. The van der Waals surface area contributed by atoms with E-state index in [1.165, 1.54) is 0 Å². The number of carbonyl (C=O) groups excluding carboxylic acids is 1. The molecule has 1 spiro atoms. The lowest BCUT2D eigenvalue weighted by Crippen LogP contribution is -2.55. The van der Waals surface area contributed by atoms with Crippen LogP contribution in [0, 0.1) is 18.3 Å². The van der Waals surface area contributed by atoms with E-state index in [1.807, 2.05) is 37.3 Å². The van der Waals surface area contributed by atoms with E-state index in [2.05, 4.69) is 27.9 Å². The van der Waals surface area contributed by atoms with Crippen molar-refractivity contribution >= 4 is 29.9 Å². The van der Waals surface area contributed by atoms with Crippen LogP contribution in [-0.4, -0.2) is 53.1 Å². The number of amides is 1. The van der Waals surface area contributed by atoms with Crippen LogP contribution in [0.25, 0.3) is 0 Å². The molecule has 1 aliphatic carbocycles. The first kappa shape index (κ1) is 22.1. The fourth-order valence-corrected chi connectivity index (χ4v) is 5.75. The molecule has 1 aromatic heterocycles. The Bertz CT molecular complexity index is 1090. The Morgan fingerprint density at radius 3 is 2.45 bits per heavy atom. The van der Waals surface area contributed by atoms with Crippen molar-refractivity contribution in [3.8, 4) is 11.8 Å². The minimum atomic E-state index is -0.579. The molecule has 2 aliphatic heterocycles. The number of thiol groups is 1. The van der Waals surface area contributed by atoms with E-state index in [-0.39, 0.29) is 12.0 Å². The molecule has 1 atom stereocenters. The predicted octanol–water partition coefficient (Wildman–Crippen LogP) is 3.72. The van der Waals surface area contributed by atoms with Gasteiger partial charge in [0.25, 0.3) is 5.91 Å². The zero-order valence-corrected chi connectivity index (χ0v) is 20.0. The molecule has 1 unspecified atom stereocenters. The molecule has 172 valence electrons. The van der Waals surface area contributed by atoms with E-state index in [0.717, 1.165) is 62.2 Å². The third-order valence-electron chi connectivity index (χ3n) is 7.25. The van der Waals surface area contributed by atoms with Gasteiger partial charge in [0.15, 0.2) is 5.50 Å². The Hall–Kier alpha value is -2.76. The summed E-state index contributed by atoms with van der Waals surface area (Å²) < 4.78 is 6.21. The van der Waals surface area contributed by atoms with Gasteiger partial charge in [-0.3, -0.25) is 9.69 Å². The van der Waals surface area contributed by atoms with Gasteiger partial charge in [-0.25, -0.2) is 4.98 Å². The number of nitrogens with zero attached hydrogens (tertiary/aromatic N) is 5. The summed E-state index contributed by atoms with van der Waals surface area (Å²) in [5, 5.41) is 9.21. The normalized spacial score (nSPS) is 23.0. The van der Waals surface area contributed by atoms with Gasteiger partial charge in [-0.1, -0.05) is 0 Å². The molecule has 0 N–H and O–H groups in total. The summed E-state index contributed by atoms with van der Waals surface area (Å²) in [5.41, 5.74) is 1.72. The van der Waals surface area contributed by atoms with E-state index in [0.29, 0.717) is 11.4 Å². The molecular formula is C25H29N5O2S. The Morgan fingerprint density at radius 2 is 1.88 bits per heavy atom. The third-order valence-corrected chi connectivity index (χ3v) is 7.71. The number of benzene rings is 1. The van der Waals surface area contributed by atoms with Gasteiger partial charge in [-0.15, -0.1) is 12.6 Å². The van der Waals surface area contributed by atoms with Crippen LogP contribution in [0.5, 0.6) is 5.75 Å². The zero-order chi connectivity index (χ0) is 23.2. The molecule has 7 nitrogen and oxygen atoms in total. The van der Waals surface area contributed by atoms with Crippen molar-refractivity contribution in [1.82, 2.24) is 9.88 Å². The van der Waals surface area contributed by atoms with E-state index in [1.54, 1.807) is 11.1 Å². The van der Waals surface area contributed by atoms with Crippen LogP contribution in [0.1, 0.15) is 43.4 Å². The number of hydrogen-bond donors (Lipinski definition) is 1. The van der Waals surface area contributed by atoms with Crippen LogP contribution in [-0.2, 0) is 4.79 Å². The molecule has 5 rings (SSSR count). The summed E-state index contributed by atoms with van der Waals surface area (Å²) in [7, 11) is 2.14. The summed E-state index contributed by atoms with van der Waals surface area (Å²) in [5.74, 6) is 0.910. The number of rotatable bonds is 4. The van der Waals surface area contributed by atoms with Gasteiger partial charge in [-0.05, 0) is 82.0 Å². The summed E-state index contributed by atoms with van der Waals surface area (Å²) in [4.78, 5) is 24.1. The highest BCUT2D eigenvalue weighted by atomic mass is 32.1. The van der Waals surface area contributed by atoms with Crippen molar-refractivity contribution in [2.45, 2.75) is 56.2 Å². The fraction of sp³-hybridized carbons (Fsp3) is 0.480. The largest absolute Gasteiger partial charge is 0.490 e. The molecule has 33 heavy (non-hydrogen) atoms. The summed E-state index contributed by atoms with van der Waals surface area (Å²) in [6.07, 6.45) is 6.53. The van der Waals surface area contributed by atoms with Crippen molar-refractivity contribution in [2.24, 2.45) is 0 Å². The quantitative estimate of drug-likeness (QED) is 0.697. The van der Waals surface area contributed by atoms with Crippen molar-refractivity contribution in [1.29, 1.82) is 5.26 Å². The predicted molar refractivity (Wildman–Crippen MR) is 131 cm³/mol. The molecule has 1 saturated carbocycles. The molecule has 1 amide bonds. The van der Waals surface area contributed by atoms with Crippen LogP contribution in [0.15, 0.2) is 36.5 Å². The number of aryl methyl sites for hydroxylation is 1. The second-order valence-corrected chi connectivity index (χ2v) is 9.82. The monoisotopic (exact) mass is 463 g/mol. The second-order valence-electron chi connectivity index (χ2n) is 9.36. The molecule has 3 fully saturated rings. The number of pyridine rings is 1. The topological polar surface area (TPSA) is 72.7 Å². The van der Waals surface area contributed by atoms with E-state index < -0.39 is 11.0 Å². The number of anilines is 2. The highest BCUT2D eigenvalue weighted by Gasteiger charge is 2.60. The standard InChI is InChI=1S/C25H29N5O2S/c1-17-14-19(16-27-22(17)15-26)29-23(31)25(10-3-11-25)30(24(29)33)18-4-6-20(7-5-18)32-21-8-12-28(2)13-9-21/h4-7,14,16,21,24,33H,3,8-13H2,1-2H3. The van der Waals surface area contributed by atoms with Crippen LogP contribution in [0.3, 0.4) is 0 Å². The average molecular weight is 464 g/mol. The molecule has 3 aliphatic rings. The maximum Gasteiger partial charge on any atom is 0.255 e. The molecule has 2 saturated heterocycles. The number of nitriles is 1. The number of hydrogen-bond acceptors (Lipinski definition) is 7. The highest BCUT2D eigenvalue weighted by Crippen LogP contribution is 2.50. The minimum Gasteiger partial charge on any atom is -0.490 e. The van der Waals surface area contributed by atoms with Crippen LogP contribution in [0.2, 0.25) is 0 Å². The molecular weight excluding hydrogens is 434 g/mol. The molecule has 2 aromatic rings. The molecule has 3 heterocycles. The summed E-state index contributed by atoms with van der Waals surface area (Å²) in [6.45, 7) is 3.95. The number of carbonyl (C=O) groups is 1. The number of likely N-dealkylation sites (tertiary alicyclic amines) is 1. The van der Waals surface area contributed by atoms with Gasteiger partial charge >= 0.3 is 0 Å². The van der Waals surface area contributed by atoms with E-state index >= 15 is 0 Å². The smallest absolute Gasteiger partial charge is 0.255 e. The lowest BCUT2D eigenvalue weighted by Gasteiger charge is -2.44. The van der Waals surface area contributed by atoms with Crippen LogP contribution in [0.4, 0.5) is 11.4 Å². The fourth-order valence-electron chi connectivity index (χ4n) is 5.16. The van der Waals surface area contributed by atoms with Gasteiger partial charge in [0.05, 0.1) is 11.9 Å². The van der Waals surface area contributed by atoms with Crippen LogP contribution >= 0.6 is 12.6 Å². The minimum absolute atomic E-state index is 0.0475. The van der Waals surface area contributed by atoms with Gasteiger partial charge in [-0.2, -0.15) is 5.26 Å². The van der Waals surface area contributed by atoms with E-state index in [4.69, 9.17) is 17.4 Å². The first-order chi connectivity index (χ1) is 15.9. The van der Waals surface area contributed by atoms with Crippen molar-refractivity contribution < 1.29 is 9.53 Å². The maximum atomic E-state index is 13.6. The first-order valence-electron chi connectivity index (χ1n) is 11.6. The van der Waals surface area contributed by atoms with Crippen LogP contribution < -0.4 is 14.5 Å². The highest BCUT2D eigenvalue weighted by molar-refractivity contribution is 7.81. The average Bonchev–Trinajstić information content (AvgIpc) is 3.02. The van der Waals surface area contributed by atoms with Gasteiger partial charge in [0.1, 0.15) is 29.2 Å². The zero-order valence-electron chi connectivity index (χ0n) is 19.1. The third kappa shape index (κ3) is 3.73. The van der Waals surface area contributed by atoms with Crippen molar-refractivity contribution in [3.63, 3.8) is 0 Å². The molecule has 8 heteroatoms. The van der Waals surface area contributed by atoms with Crippen molar-refractivity contribution in [3.05, 3.63) is 47.8 Å². The van der Waals surface area contributed by atoms with Gasteiger partial charge < -0.3 is 14.5 Å². The molecule has 0 radical (unpaired) electrons. The summed E-state index contributed by atoms with van der Waals surface area (Å²) in [6, 6.07) is 12.0. The van der Waals surface area contributed by atoms with Crippen molar-refractivity contribution in [2.75, 3.05) is 29.9 Å². The lowest BCUT2D eigenvalue weighted by atomic mass is 9.75. The Morgan fingerprint density at radius 1 is 1.18 bits per heavy atom. The van der Waals surface area contributed by atoms with E-state index in [9.17, 15) is 10.1 Å². The van der Waals surface area contributed by atoms with Gasteiger partial charge in [0, 0.05) is 18.8 Å². The molecule has 1 aromatic carbocycles. The SMILES string of the molecule is Cc1cc(N2C(=O)C3(CCC3)N(c3ccc(OC4CCN(C)CC4)cc3)C2S)cnc1C#N.